The molecule has 0 aliphatic heterocycles. The minimum absolute atomic E-state index is 0.249. The first-order valence-corrected chi connectivity index (χ1v) is 6.08. The Morgan fingerprint density at radius 2 is 2.05 bits per heavy atom. The Kier molecular flexibility index (Phi) is 3.29. The smallest absolute Gasteiger partial charge is 0.219 e. The number of carbonyl (C=O) groups is 1. The highest BCUT2D eigenvalue weighted by Crippen LogP contribution is 2.29. The van der Waals surface area contributed by atoms with Gasteiger partial charge < -0.3 is 16.8 Å². The van der Waals surface area contributed by atoms with Crippen molar-refractivity contribution in [2.24, 2.45) is 5.73 Å². The fourth-order valence-corrected chi connectivity index (χ4v) is 2.17. The maximum absolute atomic E-state index is 11.1. The monoisotopic (exact) mass is 258 g/mol. The van der Waals surface area contributed by atoms with Crippen molar-refractivity contribution in [2.45, 2.75) is 25.8 Å². The molecule has 1 aromatic heterocycles. The Morgan fingerprint density at radius 3 is 2.74 bits per heavy atom. The number of rotatable bonds is 4. The Bertz CT molecular complexity index is 622. The molecule has 0 bridgehead atoms. The molecule has 1 aromatic carbocycles. The minimum Gasteiger partial charge on any atom is -0.398 e. The summed E-state index contributed by atoms with van der Waals surface area (Å²) in [5, 5.41) is 5.19. The van der Waals surface area contributed by atoms with Gasteiger partial charge in [-0.25, -0.2) is 0 Å². The second-order valence-corrected chi connectivity index (χ2v) is 5.28. The molecule has 0 aliphatic carbocycles. The maximum Gasteiger partial charge on any atom is 0.219 e. The van der Waals surface area contributed by atoms with E-state index in [-0.39, 0.29) is 12.3 Å². The summed E-state index contributed by atoms with van der Waals surface area (Å²) in [6.45, 7) is 3.85. The lowest BCUT2D eigenvalue weighted by Gasteiger charge is -2.27. The Labute approximate surface area is 112 Å². The summed E-state index contributed by atoms with van der Waals surface area (Å²) in [4.78, 5) is 15.2. The van der Waals surface area contributed by atoms with Gasteiger partial charge in [0, 0.05) is 46.5 Å². The number of primary amides is 1. The zero-order valence-electron chi connectivity index (χ0n) is 11.1. The van der Waals surface area contributed by atoms with Crippen LogP contribution in [0.15, 0.2) is 30.6 Å². The molecule has 0 radical (unpaired) electrons. The summed E-state index contributed by atoms with van der Waals surface area (Å²) >= 11 is 0. The standard InChI is InChI=1S/C14H18N4O/c1-14(2,7-13(16)19)18-12-4-3-11(15)9-5-6-17-8-10(9)12/h3-6,8,18H,7,15H2,1-2H3,(H2,16,19). The zero-order chi connectivity index (χ0) is 14.0. The van der Waals surface area contributed by atoms with Crippen molar-refractivity contribution >= 4 is 28.1 Å². The summed E-state index contributed by atoms with van der Waals surface area (Å²) in [5.74, 6) is -0.338. The lowest BCUT2D eigenvalue weighted by molar-refractivity contribution is -0.118. The normalized spacial score (nSPS) is 11.5. The van der Waals surface area contributed by atoms with E-state index in [0.29, 0.717) is 5.69 Å². The van der Waals surface area contributed by atoms with Crippen LogP contribution in [0.5, 0.6) is 0 Å². The molecular formula is C14H18N4O. The average molecular weight is 258 g/mol. The third kappa shape index (κ3) is 2.93. The molecule has 100 valence electrons. The molecule has 19 heavy (non-hydrogen) atoms. The molecule has 2 rings (SSSR count). The van der Waals surface area contributed by atoms with E-state index in [0.717, 1.165) is 16.5 Å². The van der Waals surface area contributed by atoms with Gasteiger partial charge in [-0.3, -0.25) is 9.78 Å². The third-order valence-electron chi connectivity index (χ3n) is 2.94. The first-order valence-electron chi connectivity index (χ1n) is 6.08. The van der Waals surface area contributed by atoms with Gasteiger partial charge >= 0.3 is 0 Å². The minimum atomic E-state index is -0.426. The van der Waals surface area contributed by atoms with Crippen LogP contribution in [0.4, 0.5) is 11.4 Å². The SMILES string of the molecule is CC(C)(CC(N)=O)Nc1ccc(N)c2ccncc12. The van der Waals surface area contributed by atoms with E-state index in [4.69, 9.17) is 11.5 Å². The Balaban J connectivity index is 2.41. The van der Waals surface area contributed by atoms with Gasteiger partial charge in [-0.2, -0.15) is 0 Å². The largest absolute Gasteiger partial charge is 0.398 e. The highest BCUT2D eigenvalue weighted by Gasteiger charge is 2.21. The molecule has 5 heteroatoms. The molecule has 0 atom stereocenters. The predicted octanol–water partition coefficient (Wildman–Crippen LogP) is 1.88. The number of anilines is 2. The number of benzene rings is 1. The summed E-state index contributed by atoms with van der Waals surface area (Å²) in [7, 11) is 0. The lowest BCUT2D eigenvalue weighted by Crippen LogP contribution is -2.36. The quantitative estimate of drug-likeness (QED) is 0.730. The molecule has 0 aliphatic rings. The van der Waals surface area contributed by atoms with Gasteiger partial charge in [0.2, 0.25) is 5.91 Å². The maximum atomic E-state index is 11.1. The summed E-state index contributed by atoms with van der Waals surface area (Å²) in [6.07, 6.45) is 3.71. The van der Waals surface area contributed by atoms with Crippen LogP contribution in [0.25, 0.3) is 10.8 Å². The number of fused-ring (bicyclic) bond motifs is 1. The van der Waals surface area contributed by atoms with Gasteiger partial charge in [0.05, 0.1) is 0 Å². The van der Waals surface area contributed by atoms with Crippen molar-refractivity contribution in [1.82, 2.24) is 4.98 Å². The number of carbonyl (C=O) groups excluding carboxylic acids is 1. The van der Waals surface area contributed by atoms with Crippen LogP contribution in [-0.4, -0.2) is 16.4 Å². The third-order valence-corrected chi connectivity index (χ3v) is 2.94. The number of nitrogens with one attached hydrogen (secondary N) is 1. The number of nitrogens with two attached hydrogens (primary N) is 2. The van der Waals surface area contributed by atoms with Crippen molar-refractivity contribution in [3.63, 3.8) is 0 Å². The van der Waals surface area contributed by atoms with E-state index in [1.54, 1.807) is 12.4 Å². The first kappa shape index (κ1) is 13.1. The van der Waals surface area contributed by atoms with E-state index in [1.165, 1.54) is 0 Å². The van der Waals surface area contributed by atoms with Crippen molar-refractivity contribution in [3.8, 4) is 0 Å². The number of hydrogen-bond donors (Lipinski definition) is 3. The van der Waals surface area contributed by atoms with Crippen LogP contribution in [0.1, 0.15) is 20.3 Å². The van der Waals surface area contributed by atoms with Crippen LogP contribution < -0.4 is 16.8 Å². The summed E-state index contributed by atoms with van der Waals surface area (Å²) < 4.78 is 0. The number of nitrogen functional groups attached to an aromatic ring is 1. The van der Waals surface area contributed by atoms with E-state index in [9.17, 15) is 4.79 Å². The molecule has 0 spiro atoms. The number of hydrogen-bond acceptors (Lipinski definition) is 4. The lowest BCUT2D eigenvalue weighted by atomic mass is 9.98. The molecule has 0 fully saturated rings. The van der Waals surface area contributed by atoms with Crippen LogP contribution >= 0.6 is 0 Å². The van der Waals surface area contributed by atoms with Crippen LogP contribution in [-0.2, 0) is 4.79 Å². The fraction of sp³-hybridized carbons (Fsp3) is 0.286. The van der Waals surface area contributed by atoms with Crippen molar-refractivity contribution < 1.29 is 4.79 Å². The predicted molar refractivity (Wildman–Crippen MR) is 77.7 cm³/mol. The van der Waals surface area contributed by atoms with Crippen molar-refractivity contribution in [2.75, 3.05) is 11.1 Å². The molecule has 1 heterocycles. The van der Waals surface area contributed by atoms with Gasteiger partial charge in [-0.1, -0.05) is 0 Å². The first-order chi connectivity index (χ1) is 8.89. The van der Waals surface area contributed by atoms with Gasteiger partial charge in [0.1, 0.15) is 0 Å². The Hall–Kier alpha value is -2.30. The van der Waals surface area contributed by atoms with E-state index in [2.05, 4.69) is 10.3 Å². The van der Waals surface area contributed by atoms with E-state index in [1.807, 2.05) is 32.0 Å². The second-order valence-electron chi connectivity index (χ2n) is 5.28. The molecule has 0 unspecified atom stereocenters. The molecule has 2 aromatic rings. The highest BCUT2D eigenvalue weighted by atomic mass is 16.1. The summed E-state index contributed by atoms with van der Waals surface area (Å²) in [5.41, 5.74) is 12.4. The van der Waals surface area contributed by atoms with Crippen LogP contribution in [0.2, 0.25) is 0 Å². The molecule has 0 saturated carbocycles. The van der Waals surface area contributed by atoms with E-state index >= 15 is 0 Å². The van der Waals surface area contributed by atoms with Crippen LogP contribution in [0, 0.1) is 0 Å². The fourth-order valence-electron chi connectivity index (χ4n) is 2.17. The number of pyridine rings is 1. The van der Waals surface area contributed by atoms with E-state index < -0.39 is 5.54 Å². The average Bonchev–Trinajstić information content (AvgIpc) is 2.31. The van der Waals surface area contributed by atoms with Gasteiger partial charge in [-0.15, -0.1) is 0 Å². The Morgan fingerprint density at radius 1 is 1.32 bits per heavy atom. The molecular weight excluding hydrogens is 240 g/mol. The van der Waals surface area contributed by atoms with Gasteiger partial charge in [0.15, 0.2) is 0 Å². The molecule has 5 N–H and O–H groups in total. The van der Waals surface area contributed by atoms with Crippen LogP contribution in [0.3, 0.4) is 0 Å². The molecule has 0 saturated heterocycles. The second kappa shape index (κ2) is 4.76. The number of amides is 1. The summed E-state index contributed by atoms with van der Waals surface area (Å²) in [6, 6.07) is 5.60. The van der Waals surface area contributed by atoms with Crippen molar-refractivity contribution in [1.29, 1.82) is 0 Å². The van der Waals surface area contributed by atoms with Gasteiger partial charge in [0.25, 0.3) is 0 Å². The molecule has 1 amide bonds. The highest BCUT2D eigenvalue weighted by molar-refractivity contribution is 6.00. The van der Waals surface area contributed by atoms with Gasteiger partial charge in [-0.05, 0) is 32.0 Å². The number of aromatic nitrogens is 1. The topological polar surface area (TPSA) is 94.0 Å². The zero-order valence-corrected chi connectivity index (χ0v) is 11.1. The molecule has 5 nitrogen and oxygen atoms in total. The van der Waals surface area contributed by atoms with Crippen molar-refractivity contribution in [3.05, 3.63) is 30.6 Å². The number of nitrogens with zero attached hydrogens (tertiary/aromatic N) is 1.